The molecule has 0 radical (unpaired) electrons. The van der Waals surface area contributed by atoms with Crippen LogP contribution in [0.3, 0.4) is 0 Å². The molecule has 37 heavy (non-hydrogen) atoms. The number of nitrogens with two attached hydrogens (primary N) is 1. The second kappa shape index (κ2) is 14.6. The fraction of sp³-hybridized carbons (Fsp3) is 0.118. The number of halogens is 7. The van der Waals surface area contributed by atoms with Crippen molar-refractivity contribution in [2.24, 2.45) is 0 Å². The average molecular weight is 594 g/mol. The van der Waals surface area contributed by atoms with Crippen molar-refractivity contribution in [1.29, 1.82) is 0 Å². The Kier molecular flexibility index (Phi) is 12.2. The van der Waals surface area contributed by atoms with Gasteiger partial charge in [0.15, 0.2) is 0 Å². The van der Waals surface area contributed by atoms with E-state index in [1.807, 2.05) is 0 Å². The highest BCUT2D eigenvalue weighted by Crippen LogP contribution is 2.27. The summed E-state index contributed by atoms with van der Waals surface area (Å²) in [5, 5.41) is 19.7. The van der Waals surface area contributed by atoms with Gasteiger partial charge in [0.1, 0.15) is 21.3 Å². The minimum atomic E-state index is -3.07. The van der Waals surface area contributed by atoms with Gasteiger partial charge in [0.25, 0.3) is 16.9 Å². The maximum absolute atomic E-state index is 11.7. The molecule has 0 aromatic carbocycles. The molecule has 200 valence electrons. The minimum absolute atomic E-state index is 0.0321. The van der Waals surface area contributed by atoms with Crippen LogP contribution in [0, 0.1) is 20.2 Å². The molecular weight excluding hydrogens is 583 g/mol. The second-order valence-electron chi connectivity index (χ2n) is 5.84. The van der Waals surface area contributed by atoms with E-state index < -0.39 is 40.2 Å². The van der Waals surface area contributed by atoms with Crippen molar-refractivity contribution in [2.75, 3.05) is 5.73 Å². The van der Waals surface area contributed by atoms with E-state index in [9.17, 15) is 42.6 Å². The summed E-state index contributed by atoms with van der Waals surface area (Å²) in [7, 11) is 0. The lowest BCUT2D eigenvalue weighted by atomic mass is 10.4. The fourth-order valence-electron chi connectivity index (χ4n) is 1.85. The van der Waals surface area contributed by atoms with E-state index in [4.69, 9.17) is 40.5 Å². The highest BCUT2D eigenvalue weighted by Gasteiger charge is 2.14. The van der Waals surface area contributed by atoms with E-state index >= 15 is 0 Å². The van der Waals surface area contributed by atoms with E-state index in [0.717, 1.165) is 24.5 Å². The summed E-state index contributed by atoms with van der Waals surface area (Å²) in [5.74, 6) is -0.854. The molecule has 0 aliphatic carbocycles. The summed E-state index contributed by atoms with van der Waals surface area (Å²) < 4.78 is 54.6. The highest BCUT2D eigenvalue weighted by molar-refractivity contribution is 6.32. The van der Waals surface area contributed by atoms with Crippen LogP contribution >= 0.6 is 34.8 Å². The molecule has 3 rings (SSSR count). The van der Waals surface area contributed by atoms with Gasteiger partial charge < -0.3 is 20.2 Å². The van der Waals surface area contributed by atoms with Gasteiger partial charge in [-0.3, -0.25) is 25.0 Å². The monoisotopic (exact) mass is 592 g/mol. The van der Waals surface area contributed by atoms with E-state index in [-0.39, 0.29) is 26.6 Å². The fourth-order valence-corrected chi connectivity index (χ4v) is 2.44. The topological polar surface area (TPSA) is 189 Å². The number of nitro groups is 2. The molecule has 0 saturated heterocycles. The highest BCUT2D eigenvalue weighted by atomic mass is 35.5. The molecule has 0 unspecified atom stereocenters. The first-order valence-electron chi connectivity index (χ1n) is 8.84. The zero-order chi connectivity index (χ0) is 28.3. The van der Waals surface area contributed by atoms with Crippen molar-refractivity contribution >= 4 is 51.9 Å². The maximum atomic E-state index is 11.7. The summed E-state index contributed by atoms with van der Waals surface area (Å²) in [5.41, 5.74) is 4.41. The Labute approximate surface area is 217 Å². The molecule has 3 aromatic rings. The van der Waals surface area contributed by atoms with E-state index in [1.54, 1.807) is 0 Å². The average Bonchev–Trinajstić information content (AvgIpc) is 2.79. The molecule has 0 aliphatic heterocycles. The summed E-state index contributed by atoms with van der Waals surface area (Å²) in [6.45, 7) is -6.00. The molecule has 0 amide bonds. The molecule has 0 spiro atoms. The Morgan fingerprint density at radius 3 is 1.70 bits per heavy atom. The lowest BCUT2D eigenvalue weighted by Crippen LogP contribution is -2.05. The number of nitrogens with zero attached hydrogens (tertiary/aromatic N) is 4. The predicted molar refractivity (Wildman–Crippen MR) is 122 cm³/mol. The number of H-pyrrole nitrogens is 1. The van der Waals surface area contributed by atoms with Gasteiger partial charge >= 0.3 is 13.2 Å². The van der Waals surface area contributed by atoms with Crippen LogP contribution in [-0.2, 0) is 0 Å². The number of alkyl halides is 4. The molecule has 0 saturated carbocycles. The zero-order valence-corrected chi connectivity index (χ0v) is 19.8. The molecule has 3 N–H and O–H groups in total. The van der Waals surface area contributed by atoms with Crippen LogP contribution in [0.15, 0.2) is 41.6 Å². The second-order valence-corrected chi connectivity index (χ2v) is 7.06. The molecule has 0 atom stereocenters. The van der Waals surface area contributed by atoms with Crippen LogP contribution in [-0.4, -0.2) is 38.0 Å². The van der Waals surface area contributed by atoms with Crippen molar-refractivity contribution in [3.8, 4) is 11.8 Å². The Bertz CT molecular complexity index is 1300. The van der Waals surface area contributed by atoms with Gasteiger partial charge in [-0.25, -0.2) is 9.97 Å². The van der Waals surface area contributed by atoms with Crippen LogP contribution in [0.25, 0.3) is 0 Å². The predicted octanol–water partition coefficient (Wildman–Crippen LogP) is 5.10. The molecule has 20 heteroatoms. The number of nitrogen functional groups attached to an aromatic ring is 1. The normalized spacial score (nSPS) is 10.1. The third-order valence-corrected chi connectivity index (χ3v) is 4.11. The third kappa shape index (κ3) is 11.1. The number of hydrogen-bond donors (Lipinski definition) is 2. The number of hydrogen-bond acceptors (Lipinski definition) is 10. The van der Waals surface area contributed by atoms with Gasteiger partial charge in [-0.1, -0.05) is 34.8 Å². The molecule has 0 bridgehead atoms. The van der Waals surface area contributed by atoms with Gasteiger partial charge in [0, 0.05) is 12.1 Å². The standard InChI is InChI=1S/C6H3ClF2N2O3.C6H5ClF2N2O.C5H3ClN2O3/c7-4-1-3(11(12)13)2-10-5(4)14-6(8)9;7-4-1-3(10)2-11-5(4)12-6(8)9;6-4-1-3(8(10)11)2-7-5(4)9/h1-2,6H;1-2,6H,10H2;1-2H,(H,7,9). The Balaban J connectivity index is 0.000000280. The first-order valence-corrected chi connectivity index (χ1v) is 9.97. The minimum Gasteiger partial charge on any atom is -0.415 e. The van der Waals surface area contributed by atoms with Crippen molar-refractivity contribution in [3.63, 3.8) is 0 Å². The Morgan fingerprint density at radius 1 is 0.838 bits per heavy atom. The lowest BCUT2D eigenvalue weighted by molar-refractivity contribution is -0.385. The zero-order valence-electron chi connectivity index (χ0n) is 17.5. The van der Waals surface area contributed by atoms with Crippen LogP contribution < -0.4 is 20.8 Å². The molecule has 0 aliphatic rings. The van der Waals surface area contributed by atoms with Crippen LogP contribution in [0.4, 0.5) is 34.6 Å². The summed E-state index contributed by atoms with van der Waals surface area (Å²) in [6.07, 6.45) is 2.96. The van der Waals surface area contributed by atoms with Crippen LogP contribution in [0.2, 0.25) is 15.1 Å². The summed E-state index contributed by atoms with van der Waals surface area (Å²) >= 11 is 16.2. The number of ether oxygens (including phenoxy) is 2. The Hall–Kier alpha value is -3.96. The largest absolute Gasteiger partial charge is 0.415 e. The number of rotatable bonds is 6. The number of aromatic amines is 1. The van der Waals surface area contributed by atoms with Crippen molar-refractivity contribution < 1.29 is 36.9 Å². The van der Waals surface area contributed by atoms with Gasteiger partial charge in [-0.05, 0) is 6.07 Å². The quantitative estimate of drug-likeness (QED) is 0.221. The number of nitrogens with one attached hydrogen (secondary N) is 1. The van der Waals surface area contributed by atoms with Gasteiger partial charge in [-0.2, -0.15) is 17.6 Å². The van der Waals surface area contributed by atoms with Crippen molar-refractivity contribution in [3.05, 3.63) is 82.4 Å². The molecule has 13 nitrogen and oxygen atoms in total. The smallest absolute Gasteiger partial charge is 0.388 e. The number of pyridine rings is 3. The van der Waals surface area contributed by atoms with Crippen LogP contribution in [0.5, 0.6) is 11.8 Å². The van der Waals surface area contributed by atoms with Gasteiger partial charge in [0.2, 0.25) is 11.8 Å². The molecule has 3 aromatic heterocycles. The summed E-state index contributed by atoms with van der Waals surface area (Å²) in [6, 6.07) is 3.17. The number of aromatic nitrogens is 3. The summed E-state index contributed by atoms with van der Waals surface area (Å²) in [4.78, 5) is 38.3. The first-order chi connectivity index (χ1) is 17.2. The van der Waals surface area contributed by atoms with Crippen LogP contribution in [0.1, 0.15) is 0 Å². The Morgan fingerprint density at radius 2 is 1.30 bits per heavy atom. The number of anilines is 1. The van der Waals surface area contributed by atoms with E-state index in [1.165, 1.54) is 12.3 Å². The lowest BCUT2D eigenvalue weighted by Gasteiger charge is -2.04. The molecule has 0 fully saturated rings. The van der Waals surface area contributed by atoms with Gasteiger partial charge in [-0.15, -0.1) is 0 Å². The van der Waals surface area contributed by atoms with Gasteiger partial charge in [0.05, 0.1) is 27.9 Å². The first kappa shape index (κ1) is 31.1. The third-order valence-electron chi connectivity index (χ3n) is 3.29. The van der Waals surface area contributed by atoms with Crippen molar-refractivity contribution in [1.82, 2.24) is 15.0 Å². The maximum Gasteiger partial charge on any atom is 0.388 e. The van der Waals surface area contributed by atoms with E-state index in [2.05, 4.69) is 24.4 Å². The van der Waals surface area contributed by atoms with E-state index in [0.29, 0.717) is 5.69 Å². The molecule has 3 heterocycles. The van der Waals surface area contributed by atoms with Crippen molar-refractivity contribution in [2.45, 2.75) is 13.2 Å². The SMILES string of the molecule is Nc1cnc(OC(F)F)c(Cl)c1.O=[N+]([O-])c1cnc(OC(F)F)c(Cl)c1.O=c1[nH]cc([N+](=O)[O-])cc1Cl. The molecular formula is C17H11Cl3F4N6O7.